The molecule has 0 aliphatic rings. The summed E-state index contributed by atoms with van der Waals surface area (Å²) < 4.78 is 10.3. The Morgan fingerprint density at radius 2 is 2.00 bits per heavy atom. The molecule has 0 rings (SSSR count). The summed E-state index contributed by atoms with van der Waals surface area (Å²) in [6.07, 6.45) is 1.29. The van der Waals surface area contributed by atoms with Gasteiger partial charge in [-0.25, -0.2) is 0 Å². The lowest BCUT2D eigenvalue weighted by atomic mass is 10.1. The van der Waals surface area contributed by atoms with Crippen LogP contribution in [0.1, 0.15) is 20.3 Å². The lowest BCUT2D eigenvalue weighted by Gasteiger charge is -2.19. The summed E-state index contributed by atoms with van der Waals surface area (Å²) in [5, 5.41) is 3.34. The van der Waals surface area contributed by atoms with Gasteiger partial charge in [-0.2, -0.15) is 0 Å². The average Bonchev–Trinajstić information content (AvgIpc) is 2.05. The second-order valence-electron chi connectivity index (χ2n) is 2.99. The fourth-order valence-corrected chi connectivity index (χ4v) is 1.20. The highest BCUT2D eigenvalue weighted by Gasteiger charge is 2.10. The number of rotatable bonds is 7. The summed E-state index contributed by atoms with van der Waals surface area (Å²) >= 11 is 0. The molecular weight excluding hydrogens is 154 g/mol. The molecule has 0 amide bonds. The molecule has 12 heavy (non-hydrogen) atoms. The monoisotopic (exact) mass is 175 g/mol. The van der Waals surface area contributed by atoms with E-state index in [2.05, 4.69) is 19.2 Å². The van der Waals surface area contributed by atoms with Gasteiger partial charge < -0.3 is 14.8 Å². The summed E-state index contributed by atoms with van der Waals surface area (Å²) in [6, 6.07) is 0.412. The Hall–Kier alpha value is -0.120. The fourth-order valence-electron chi connectivity index (χ4n) is 1.20. The molecule has 0 radical (unpaired) electrons. The molecule has 74 valence electrons. The lowest BCUT2D eigenvalue weighted by Crippen LogP contribution is -2.36. The van der Waals surface area contributed by atoms with E-state index in [1.807, 2.05) is 0 Å². The van der Waals surface area contributed by atoms with E-state index in [0.717, 1.165) is 19.6 Å². The van der Waals surface area contributed by atoms with Crippen molar-refractivity contribution in [3.8, 4) is 0 Å². The standard InChI is InChI=1S/C9H21NO2/c1-5-10-9(7-11-3)6-8(2)12-4/h8-10H,5-7H2,1-4H3. The van der Waals surface area contributed by atoms with Crippen molar-refractivity contribution >= 4 is 0 Å². The summed E-state index contributed by atoms with van der Waals surface area (Å²) in [7, 11) is 3.46. The molecule has 0 fully saturated rings. The molecule has 2 atom stereocenters. The van der Waals surface area contributed by atoms with E-state index in [-0.39, 0.29) is 0 Å². The lowest BCUT2D eigenvalue weighted by molar-refractivity contribution is 0.0811. The number of ether oxygens (including phenoxy) is 2. The van der Waals surface area contributed by atoms with E-state index < -0.39 is 0 Å². The first kappa shape index (κ1) is 11.9. The van der Waals surface area contributed by atoms with Crippen molar-refractivity contribution in [3.05, 3.63) is 0 Å². The van der Waals surface area contributed by atoms with Gasteiger partial charge in [0, 0.05) is 20.3 Å². The van der Waals surface area contributed by atoms with Gasteiger partial charge in [-0.15, -0.1) is 0 Å². The molecule has 2 unspecified atom stereocenters. The van der Waals surface area contributed by atoms with Crippen molar-refractivity contribution in [2.24, 2.45) is 0 Å². The predicted octanol–water partition coefficient (Wildman–Crippen LogP) is 1.04. The SMILES string of the molecule is CCNC(COC)CC(C)OC. The highest BCUT2D eigenvalue weighted by atomic mass is 16.5. The molecule has 0 aromatic carbocycles. The Kier molecular flexibility index (Phi) is 7.45. The quantitative estimate of drug-likeness (QED) is 0.627. The molecule has 0 aromatic heterocycles. The molecule has 0 aliphatic carbocycles. The number of hydrogen-bond donors (Lipinski definition) is 1. The molecule has 0 bridgehead atoms. The van der Waals surface area contributed by atoms with Crippen LogP contribution in [0.25, 0.3) is 0 Å². The van der Waals surface area contributed by atoms with Crippen LogP contribution in [-0.2, 0) is 9.47 Å². The van der Waals surface area contributed by atoms with E-state index >= 15 is 0 Å². The molecule has 3 nitrogen and oxygen atoms in total. The van der Waals surface area contributed by atoms with Crippen molar-refractivity contribution in [1.82, 2.24) is 5.32 Å². The van der Waals surface area contributed by atoms with E-state index in [4.69, 9.17) is 9.47 Å². The number of nitrogens with one attached hydrogen (secondary N) is 1. The van der Waals surface area contributed by atoms with Crippen LogP contribution in [0.4, 0.5) is 0 Å². The number of likely N-dealkylation sites (N-methyl/N-ethyl adjacent to an activating group) is 1. The molecule has 0 saturated heterocycles. The summed E-state index contributed by atoms with van der Waals surface area (Å²) in [4.78, 5) is 0. The molecule has 0 spiro atoms. The van der Waals surface area contributed by atoms with Gasteiger partial charge in [0.1, 0.15) is 0 Å². The Balaban J connectivity index is 3.61. The summed E-state index contributed by atoms with van der Waals surface area (Å²) in [6.45, 7) is 5.89. The van der Waals surface area contributed by atoms with Crippen LogP contribution < -0.4 is 5.32 Å². The van der Waals surface area contributed by atoms with Gasteiger partial charge in [-0.3, -0.25) is 0 Å². The van der Waals surface area contributed by atoms with E-state index in [9.17, 15) is 0 Å². The van der Waals surface area contributed by atoms with Crippen LogP contribution in [0.15, 0.2) is 0 Å². The second kappa shape index (κ2) is 7.53. The molecule has 0 aliphatic heterocycles. The Morgan fingerprint density at radius 3 is 2.42 bits per heavy atom. The average molecular weight is 175 g/mol. The Bertz CT molecular complexity index is 92.5. The van der Waals surface area contributed by atoms with Crippen LogP contribution in [-0.4, -0.2) is 39.5 Å². The predicted molar refractivity (Wildman–Crippen MR) is 50.4 cm³/mol. The van der Waals surface area contributed by atoms with E-state index in [1.54, 1.807) is 14.2 Å². The Labute approximate surface area is 75.4 Å². The smallest absolute Gasteiger partial charge is 0.0616 e. The van der Waals surface area contributed by atoms with Crippen LogP contribution in [0, 0.1) is 0 Å². The molecule has 0 saturated carbocycles. The van der Waals surface area contributed by atoms with Gasteiger partial charge in [0.05, 0.1) is 12.7 Å². The normalized spacial score (nSPS) is 16.0. The van der Waals surface area contributed by atoms with Crippen molar-refractivity contribution < 1.29 is 9.47 Å². The first-order valence-electron chi connectivity index (χ1n) is 4.49. The molecule has 0 aromatic rings. The first-order chi connectivity index (χ1) is 5.74. The fraction of sp³-hybridized carbons (Fsp3) is 1.00. The van der Waals surface area contributed by atoms with Crippen molar-refractivity contribution in [2.75, 3.05) is 27.4 Å². The van der Waals surface area contributed by atoms with Crippen LogP contribution in [0.2, 0.25) is 0 Å². The third kappa shape index (κ3) is 5.52. The summed E-state index contributed by atoms with van der Waals surface area (Å²) in [5.41, 5.74) is 0. The van der Waals surface area contributed by atoms with Crippen LogP contribution in [0.5, 0.6) is 0 Å². The highest BCUT2D eigenvalue weighted by Crippen LogP contribution is 2.01. The molecule has 0 heterocycles. The minimum absolute atomic E-state index is 0.296. The van der Waals surface area contributed by atoms with Gasteiger partial charge in [-0.1, -0.05) is 6.92 Å². The van der Waals surface area contributed by atoms with Crippen molar-refractivity contribution in [1.29, 1.82) is 0 Å². The Morgan fingerprint density at radius 1 is 1.33 bits per heavy atom. The van der Waals surface area contributed by atoms with E-state index in [1.165, 1.54) is 0 Å². The third-order valence-electron chi connectivity index (χ3n) is 1.88. The second-order valence-corrected chi connectivity index (χ2v) is 2.99. The van der Waals surface area contributed by atoms with Gasteiger partial charge >= 0.3 is 0 Å². The van der Waals surface area contributed by atoms with Crippen LogP contribution >= 0.6 is 0 Å². The van der Waals surface area contributed by atoms with E-state index in [0.29, 0.717) is 12.1 Å². The van der Waals surface area contributed by atoms with Crippen molar-refractivity contribution in [3.63, 3.8) is 0 Å². The van der Waals surface area contributed by atoms with Gasteiger partial charge in [0.15, 0.2) is 0 Å². The third-order valence-corrected chi connectivity index (χ3v) is 1.88. The van der Waals surface area contributed by atoms with Crippen LogP contribution in [0.3, 0.4) is 0 Å². The first-order valence-corrected chi connectivity index (χ1v) is 4.49. The molecule has 3 heteroatoms. The number of methoxy groups -OCH3 is 2. The maximum Gasteiger partial charge on any atom is 0.0616 e. The van der Waals surface area contributed by atoms with Gasteiger partial charge in [-0.05, 0) is 19.9 Å². The summed E-state index contributed by atoms with van der Waals surface area (Å²) in [5.74, 6) is 0. The topological polar surface area (TPSA) is 30.5 Å². The molecule has 1 N–H and O–H groups in total. The minimum Gasteiger partial charge on any atom is -0.383 e. The minimum atomic E-state index is 0.296. The maximum absolute atomic E-state index is 5.18. The number of hydrogen-bond acceptors (Lipinski definition) is 3. The highest BCUT2D eigenvalue weighted by molar-refractivity contribution is 4.68. The zero-order valence-electron chi connectivity index (χ0n) is 8.59. The van der Waals surface area contributed by atoms with Gasteiger partial charge in [0.25, 0.3) is 0 Å². The largest absolute Gasteiger partial charge is 0.383 e. The maximum atomic E-state index is 5.18. The van der Waals surface area contributed by atoms with Crippen molar-refractivity contribution in [2.45, 2.75) is 32.4 Å². The molecular formula is C9H21NO2. The zero-order chi connectivity index (χ0) is 9.40. The zero-order valence-corrected chi connectivity index (χ0v) is 8.59. The van der Waals surface area contributed by atoms with Gasteiger partial charge in [0.2, 0.25) is 0 Å².